The van der Waals surface area contributed by atoms with Crippen LogP contribution in [0.15, 0.2) is 48.5 Å². The molecule has 2 aromatic rings. The van der Waals surface area contributed by atoms with Crippen molar-refractivity contribution in [3.05, 3.63) is 75.3 Å². The van der Waals surface area contributed by atoms with E-state index in [1.165, 1.54) is 18.2 Å². The summed E-state index contributed by atoms with van der Waals surface area (Å²) in [5.41, 5.74) is 6.73. The van der Waals surface area contributed by atoms with Crippen LogP contribution in [-0.2, 0) is 4.79 Å². The lowest BCUT2D eigenvalue weighted by Gasteiger charge is -2.07. The van der Waals surface area contributed by atoms with E-state index in [-0.39, 0.29) is 10.6 Å². The fourth-order valence-electron chi connectivity index (χ4n) is 1.84. The summed E-state index contributed by atoms with van der Waals surface area (Å²) in [7, 11) is 0. The number of carbonyl (C=O) groups excluding carboxylic acids is 2. The number of hydrazine groups is 1. The van der Waals surface area contributed by atoms with Crippen LogP contribution in [0.2, 0.25) is 10.0 Å². The number of hydrogen-bond donors (Lipinski definition) is 2. The molecule has 0 aliphatic carbocycles. The Morgan fingerprint density at radius 2 is 1.78 bits per heavy atom. The first-order chi connectivity index (χ1) is 11.0. The van der Waals surface area contributed by atoms with Gasteiger partial charge in [-0.25, -0.2) is 0 Å². The highest BCUT2D eigenvalue weighted by Gasteiger charge is 2.11. The normalized spacial score (nSPS) is 10.6. The molecule has 0 fully saturated rings. The van der Waals surface area contributed by atoms with Gasteiger partial charge in [-0.05, 0) is 42.3 Å². The van der Waals surface area contributed by atoms with Gasteiger partial charge in [0.25, 0.3) is 11.8 Å². The molecule has 2 amide bonds. The second kappa shape index (κ2) is 7.81. The summed E-state index contributed by atoms with van der Waals surface area (Å²) in [6.45, 7) is 1.94. The minimum Gasteiger partial charge on any atom is -0.268 e. The van der Waals surface area contributed by atoms with Gasteiger partial charge in [-0.15, -0.1) is 0 Å². The van der Waals surface area contributed by atoms with Crippen molar-refractivity contribution in [3.8, 4) is 0 Å². The van der Waals surface area contributed by atoms with Crippen molar-refractivity contribution in [3.63, 3.8) is 0 Å². The number of hydrogen-bond acceptors (Lipinski definition) is 2. The van der Waals surface area contributed by atoms with Crippen molar-refractivity contribution in [2.24, 2.45) is 0 Å². The van der Waals surface area contributed by atoms with Crippen molar-refractivity contribution >= 4 is 41.1 Å². The molecule has 0 saturated carbocycles. The predicted molar refractivity (Wildman–Crippen MR) is 92.3 cm³/mol. The summed E-state index contributed by atoms with van der Waals surface area (Å²) in [4.78, 5) is 23.7. The van der Waals surface area contributed by atoms with Crippen molar-refractivity contribution in [1.82, 2.24) is 10.9 Å². The molecule has 23 heavy (non-hydrogen) atoms. The molecular weight excluding hydrogens is 335 g/mol. The summed E-state index contributed by atoms with van der Waals surface area (Å²) < 4.78 is 0. The number of nitrogens with one attached hydrogen (secondary N) is 2. The average molecular weight is 349 g/mol. The van der Waals surface area contributed by atoms with Crippen molar-refractivity contribution in [2.75, 3.05) is 0 Å². The van der Waals surface area contributed by atoms with Crippen LogP contribution in [0.5, 0.6) is 0 Å². The molecule has 0 spiro atoms. The number of carbonyl (C=O) groups is 2. The SMILES string of the molecule is Cc1ccccc1/C=C/C(=O)NNC(=O)c1cc(Cl)ccc1Cl. The largest absolute Gasteiger partial charge is 0.271 e. The molecule has 0 aromatic heterocycles. The van der Waals surface area contributed by atoms with Gasteiger partial charge in [-0.2, -0.15) is 0 Å². The van der Waals surface area contributed by atoms with Crippen molar-refractivity contribution in [2.45, 2.75) is 6.92 Å². The Morgan fingerprint density at radius 1 is 1.04 bits per heavy atom. The van der Waals surface area contributed by atoms with Gasteiger partial charge < -0.3 is 0 Å². The maximum absolute atomic E-state index is 12.0. The van der Waals surface area contributed by atoms with Crippen LogP contribution >= 0.6 is 23.2 Å². The molecule has 2 aromatic carbocycles. The predicted octanol–water partition coefficient (Wildman–Crippen LogP) is 3.78. The molecule has 0 heterocycles. The highest BCUT2D eigenvalue weighted by atomic mass is 35.5. The second-order valence-corrected chi connectivity index (χ2v) is 5.60. The Hall–Kier alpha value is -2.30. The summed E-state index contributed by atoms with van der Waals surface area (Å²) in [5.74, 6) is -1.00. The van der Waals surface area contributed by atoms with Crippen LogP contribution in [0.25, 0.3) is 6.08 Å². The average Bonchev–Trinajstić information content (AvgIpc) is 2.54. The summed E-state index contributed by atoms with van der Waals surface area (Å²) >= 11 is 11.7. The van der Waals surface area contributed by atoms with E-state index in [1.54, 1.807) is 12.1 Å². The van der Waals surface area contributed by atoms with Crippen LogP contribution in [0.4, 0.5) is 0 Å². The molecule has 118 valence electrons. The van der Waals surface area contributed by atoms with Gasteiger partial charge in [0.2, 0.25) is 0 Å². The summed E-state index contributed by atoms with van der Waals surface area (Å²) in [6, 6.07) is 12.1. The number of rotatable bonds is 3. The molecule has 6 heteroatoms. The molecule has 0 bridgehead atoms. The smallest absolute Gasteiger partial charge is 0.268 e. The topological polar surface area (TPSA) is 58.2 Å². The molecule has 0 saturated heterocycles. The molecular formula is C17H14Cl2N2O2. The first-order valence-electron chi connectivity index (χ1n) is 6.76. The number of benzene rings is 2. The Bertz CT molecular complexity index is 773. The lowest BCUT2D eigenvalue weighted by Crippen LogP contribution is -2.40. The van der Waals surface area contributed by atoms with Gasteiger partial charge in [-0.1, -0.05) is 47.5 Å². The third kappa shape index (κ3) is 4.84. The van der Waals surface area contributed by atoms with E-state index in [9.17, 15) is 9.59 Å². The van der Waals surface area contributed by atoms with Gasteiger partial charge in [0.1, 0.15) is 0 Å². The Balaban J connectivity index is 1.95. The Morgan fingerprint density at radius 3 is 2.52 bits per heavy atom. The van der Waals surface area contributed by atoms with Gasteiger partial charge in [0, 0.05) is 11.1 Å². The Kier molecular flexibility index (Phi) is 5.79. The zero-order valence-corrected chi connectivity index (χ0v) is 13.8. The summed E-state index contributed by atoms with van der Waals surface area (Å²) in [5, 5.41) is 0.627. The molecule has 2 N–H and O–H groups in total. The van der Waals surface area contributed by atoms with Crippen LogP contribution in [0.3, 0.4) is 0 Å². The third-order valence-electron chi connectivity index (χ3n) is 3.07. The number of aryl methyl sites for hydroxylation is 1. The fourth-order valence-corrected chi connectivity index (χ4v) is 2.21. The van der Waals surface area contributed by atoms with Crippen LogP contribution < -0.4 is 10.9 Å². The molecule has 0 radical (unpaired) electrons. The van der Waals surface area contributed by atoms with E-state index in [0.29, 0.717) is 5.02 Å². The number of halogens is 2. The van der Waals surface area contributed by atoms with Crippen LogP contribution in [0.1, 0.15) is 21.5 Å². The molecule has 0 atom stereocenters. The van der Waals surface area contributed by atoms with Gasteiger partial charge in [0.05, 0.1) is 10.6 Å². The van der Waals surface area contributed by atoms with Gasteiger partial charge in [0.15, 0.2) is 0 Å². The highest BCUT2D eigenvalue weighted by molar-refractivity contribution is 6.35. The lowest BCUT2D eigenvalue weighted by atomic mass is 10.1. The first-order valence-corrected chi connectivity index (χ1v) is 7.52. The molecule has 0 unspecified atom stereocenters. The van der Waals surface area contributed by atoms with Crippen LogP contribution in [-0.4, -0.2) is 11.8 Å². The summed E-state index contributed by atoms with van der Waals surface area (Å²) in [6.07, 6.45) is 3.01. The number of amides is 2. The minimum atomic E-state index is -0.546. The van der Waals surface area contributed by atoms with Gasteiger partial charge >= 0.3 is 0 Å². The van der Waals surface area contributed by atoms with E-state index in [0.717, 1.165) is 11.1 Å². The van der Waals surface area contributed by atoms with E-state index < -0.39 is 11.8 Å². The van der Waals surface area contributed by atoms with E-state index in [4.69, 9.17) is 23.2 Å². The van der Waals surface area contributed by atoms with Crippen molar-refractivity contribution < 1.29 is 9.59 Å². The van der Waals surface area contributed by atoms with Crippen LogP contribution in [0, 0.1) is 6.92 Å². The maximum atomic E-state index is 12.0. The zero-order valence-electron chi connectivity index (χ0n) is 12.3. The first kappa shape index (κ1) is 17.1. The standard InChI is InChI=1S/C17H14Cl2N2O2/c1-11-4-2-3-5-12(11)6-9-16(22)20-21-17(23)14-10-13(18)7-8-15(14)19/h2-10H,1H3,(H,20,22)(H,21,23)/b9-6+. The van der Waals surface area contributed by atoms with Gasteiger partial charge in [-0.3, -0.25) is 20.4 Å². The van der Waals surface area contributed by atoms with Crippen molar-refractivity contribution in [1.29, 1.82) is 0 Å². The Labute approximate surface area is 144 Å². The van der Waals surface area contributed by atoms with E-state index in [1.807, 2.05) is 31.2 Å². The maximum Gasteiger partial charge on any atom is 0.271 e. The second-order valence-electron chi connectivity index (χ2n) is 4.76. The monoisotopic (exact) mass is 348 g/mol. The zero-order chi connectivity index (χ0) is 16.8. The highest BCUT2D eigenvalue weighted by Crippen LogP contribution is 2.20. The molecule has 2 rings (SSSR count). The van der Waals surface area contributed by atoms with E-state index in [2.05, 4.69) is 10.9 Å². The lowest BCUT2D eigenvalue weighted by molar-refractivity contribution is -0.117. The minimum absolute atomic E-state index is 0.183. The molecule has 0 aliphatic heterocycles. The molecule has 4 nitrogen and oxygen atoms in total. The quantitative estimate of drug-likeness (QED) is 0.655. The fraction of sp³-hybridized carbons (Fsp3) is 0.0588. The third-order valence-corrected chi connectivity index (χ3v) is 3.64. The van der Waals surface area contributed by atoms with E-state index >= 15 is 0 Å². The molecule has 0 aliphatic rings.